The van der Waals surface area contributed by atoms with Gasteiger partial charge in [0.15, 0.2) is 5.84 Å². The van der Waals surface area contributed by atoms with E-state index in [4.69, 9.17) is 14.7 Å². The van der Waals surface area contributed by atoms with Crippen LogP contribution in [0.3, 0.4) is 0 Å². The smallest absolute Gasteiger partial charge is 0.329 e. The topological polar surface area (TPSA) is 104 Å². The number of nitrogens with one attached hydrogen (secondary N) is 1. The molecule has 19 heavy (non-hydrogen) atoms. The summed E-state index contributed by atoms with van der Waals surface area (Å²) in [5, 5.41) is 25.1. The first-order chi connectivity index (χ1) is 9.19. The van der Waals surface area contributed by atoms with Gasteiger partial charge in [0, 0.05) is 24.6 Å². The van der Waals surface area contributed by atoms with Gasteiger partial charge in [-0.15, -0.1) is 0 Å². The van der Waals surface area contributed by atoms with E-state index in [-0.39, 0.29) is 19.1 Å². The summed E-state index contributed by atoms with van der Waals surface area (Å²) in [6.45, 7) is 0.191. The molecule has 0 unspecified atom stereocenters. The van der Waals surface area contributed by atoms with Crippen LogP contribution in [0.15, 0.2) is 16.9 Å². The number of carbonyl (C=O) groups excluding carboxylic acids is 1. The summed E-state index contributed by atoms with van der Waals surface area (Å²) in [5.74, 6) is 0.421. The van der Waals surface area contributed by atoms with Gasteiger partial charge < -0.3 is 19.8 Å². The van der Waals surface area contributed by atoms with E-state index in [1.54, 1.807) is 6.20 Å². The molecule has 8 nitrogen and oxygen atoms in total. The van der Waals surface area contributed by atoms with Crippen molar-refractivity contribution in [3.8, 4) is 0 Å². The molecular weight excluding hydrogens is 254 g/mol. The number of rotatable bonds is 2. The highest BCUT2D eigenvalue weighted by Gasteiger charge is 2.40. The standard InChI is InChI=1S/C11H15N3O5/c15-5-8-7(16)3-9(19-8)14-4-6-1-2-18-13-10(6)12-11(14)17/h4,7-9,15-16H,1-3,5H2,(H,12,13,17)/t7-,8+,9+/m0/s1. The Kier molecular flexibility index (Phi) is 3.13. The third kappa shape index (κ3) is 2.18. The molecule has 104 valence electrons. The van der Waals surface area contributed by atoms with Gasteiger partial charge in [0.1, 0.15) is 18.9 Å². The van der Waals surface area contributed by atoms with Crippen molar-refractivity contribution in [1.82, 2.24) is 10.2 Å². The van der Waals surface area contributed by atoms with Crippen molar-refractivity contribution in [2.45, 2.75) is 31.3 Å². The van der Waals surface area contributed by atoms with E-state index in [0.29, 0.717) is 18.9 Å². The third-order valence-corrected chi connectivity index (χ3v) is 3.37. The second kappa shape index (κ2) is 4.80. The minimum atomic E-state index is -0.772. The molecule has 3 aliphatic heterocycles. The first-order valence-corrected chi connectivity index (χ1v) is 6.14. The second-order valence-corrected chi connectivity index (χ2v) is 4.63. The Morgan fingerprint density at radius 2 is 2.42 bits per heavy atom. The zero-order chi connectivity index (χ0) is 13.4. The lowest BCUT2D eigenvalue weighted by atomic mass is 10.1. The van der Waals surface area contributed by atoms with Crippen LogP contribution in [0, 0.1) is 0 Å². The van der Waals surface area contributed by atoms with E-state index in [0.717, 1.165) is 5.57 Å². The number of ether oxygens (including phenoxy) is 1. The van der Waals surface area contributed by atoms with Gasteiger partial charge in [-0.1, -0.05) is 5.16 Å². The Morgan fingerprint density at radius 3 is 3.16 bits per heavy atom. The normalized spacial score (nSPS) is 34.1. The maximum atomic E-state index is 11.9. The van der Waals surface area contributed by atoms with E-state index < -0.39 is 18.4 Å². The van der Waals surface area contributed by atoms with Gasteiger partial charge in [-0.05, 0) is 0 Å². The number of amides is 2. The summed E-state index contributed by atoms with van der Waals surface area (Å²) < 4.78 is 5.46. The number of carbonyl (C=O) groups is 1. The van der Waals surface area contributed by atoms with Crippen LogP contribution in [-0.4, -0.2) is 58.6 Å². The van der Waals surface area contributed by atoms with Gasteiger partial charge in [-0.2, -0.15) is 0 Å². The van der Waals surface area contributed by atoms with Crippen LogP contribution >= 0.6 is 0 Å². The number of urea groups is 1. The number of nitrogens with zero attached hydrogens (tertiary/aromatic N) is 2. The summed E-state index contributed by atoms with van der Waals surface area (Å²) in [6.07, 6.45) is 0.577. The van der Waals surface area contributed by atoms with Crippen LogP contribution in [0.25, 0.3) is 0 Å². The second-order valence-electron chi connectivity index (χ2n) is 4.63. The predicted molar refractivity (Wildman–Crippen MR) is 62.8 cm³/mol. The van der Waals surface area contributed by atoms with Crippen molar-refractivity contribution in [2.24, 2.45) is 5.16 Å². The van der Waals surface area contributed by atoms with Crippen molar-refractivity contribution >= 4 is 11.9 Å². The molecule has 0 spiro atoms. The predicted octanol–water partition coefficient (Wildman–Crippen LogP) is -0.903. The number of amidine groups is 1. The first kappa shape index (κ1) is 12.4. The summed E-state index contributed by atoms with van der Waals surface area (Å²) >= 11 is 0. The molecule has 2 amide bonds. The maximum Gasteiger partial charge on any atom is 0.329 e. The monoisotopic (exact) mass is 269 g/mol. The number of fused-ring (bicyclic) bond motifs is 1. The number of hydrogen-bond donors (Lipinski definition) is 3. The Bertz CT molecular complexity index is 450. The summed E-state index contributed by atoms with van der Waals surface area (Å²) in [4.78, 5) is 18.2. The van der Waals surface area contributed by atoms with Crippen LogP contribution in [0.1, 0.15) is 12.8 Å². The van der Waals surface area contributed by atoms with Gasteiger partial charge in [0.25, 0.3) is 0 Å². The van der Waals surface area contributed by atoms with Crippen molar-refractivity contribution in [3.05, 3.63) is 11.8 Å². The summed E-state index contributed by atoms with van der Waals surface area (Å²) in [5.41, 5.74) is 0.858. The fraction of sp³-hybridized carbons (Fsp3) is 0.636. The van der Waals surface area contributed by atoms with Gasteiger partial charge in [-0.3, -0.25) is 10.2 Å². The highest BCUT2D eigenvalue weighted by Crippen LogP contribution is 2.26. The quantitative estimate of drug-likeness (QED) is 0.602. The highest BCUT2D eigenvalue weighted by molar-refractivity contribution is 6.09. The van der Waals surface area contributed by atoms with Crippen LogP contribution in [0.2, 0.25) is 0 Å². The molecule has 8 heteroatoms. The van der Waals surface area contributed by atoms with Crippen molar-refractivity contribution in [2.75, 3.05) is 13.2 Å². The SMILES string of the molecule is O=C1NC2=NOCCC2=CN1[C@H]1C[C@H](O)[C@@H](CO)O1. The molecule has 3 rings (SSSR count). The molecule has 3 heterocycles. The largest absolute Gasteiger partial charge is 0.394 e. The van der Waals surface area contributed by atoms with Gasteiger partial charge in [-0.25, -0.2) is 4.79 Å². The lowest BCUT2D eigenvalue weighted by Crippen LogP contribution is -2.50. The molecule has 0 aromatic carbocycles. The minimum Gasteiger partial charge on any atom is -0.394 e. The molecule has 0 aliphatic carbocycles. The van der Waals surface area contributed by atoms with Crippen LogP contribution < -0.4 is 5.32 Å². The number of aliphatic hydroxyl groups excluding tert-OH is 2. The summed E-state index contributed by atoms with van der Waals surface area (Å²) in [6, 6.07) is -0.385. The lowest BCUT2D eigenvalue weighted by molar-refractivity contribution is -0.0536. The van der Waals surface area contributed by atoms with Crippen LogP contribution in [0.4, 0.5) is 4.79 Å². The van der Waals surface area contributed by atoms with E-state index in [1.807, 2.05) is 0 Å². The molecule has 1 saturated heterocycles. The Labute approximate surface area is 109 Å². The molecule has 0 aromatic rings. The number of hydrogen-bond acceptors (Lipinski definition) is 6. The minimum absolute atomic E-state index is 0.269. The molecule has 1 fully saturated rings. The molecule has 0 bridgehead atoms. The van der Waals surface area contributed by atoms with Crippen molar-refractivity contribution < 1.29 is 24.6 Å². The third-order valence-electron chi connectivity index (χ3n) is 3.37. The van der Waals surface area contributed by atoms with Gasteiger partial charge >= 0.3 is 6.03 Å². The number of oxime groups is 1. The average Bonchev–Trinajstić information content (AvgIpc) is 2.79. The highest BCUT2D eigenvalue weighted by atomic mass is 16.6. The zero-order valence-electron chi connectivity index (χ0n) is 10.2. The Morgan fingerprint density at radius 1 is 1.58 bits per heavy atom. The van der Waals surface area contributed by atoms with E-state index in [2.05, 4.69) is 10.5 Å². The van der Waals surface area contributed by atoms with E-state index in [1.165, 1.54) is 4.90 Å². The average molecular weight is 269 g/mol. The Balaban J connectivity index is 1.80. The van der Waals surface area contributed by atoms with E-state index >= 15 is 0 Å². The van der Waals surface area contributed by atoms with E-state index in [9.17, 15) is 9.90 Å². The summed E-state index contributed by atoms with van der Waals surface area (Å²) in [7, 11) is 0. The lowest BCUT2D eigenvalue weighted by Gasteiger charge is -2.31. The van der Waals surface area contributed by atoms with Crippen molar-refractivity contribution in [3.63, 3.8) is 0 Å². The van der Waals surface area contributed by atoms with Crippen LogP contribution in [-0.2, 0) is 9.57 Å². The molecule has 3 N–H and O–H groups in total. The molecule has 3 aliphatic rings. The molecule has 0 radical (unpaired) electrons. The molecular formula is C11H15N3O5. The molecule has 0 saturated carbocycles. The fourth-order valence-corrected chi connectivity index (χ4v) is 2.33. The number of aliphatic hydroxyl groups is 2. The zero-order valence-corrected chi connectivity index (χ0v) is 10.2. The molecule has 3 atom stereocenters. The fourth-order valence-electron chi connectivity index (χ4n) is 2.33. The van der Waals surface area contributed by atoms with Gasteiger partial charge in [0.2, 0.25) is 0 Å². The maximum absolute atomic E-state index is 11.9. The first-order valence-electron chi connectivity index (χ1n) is 6.14. The van der Waals surface area contributed by atoms with Crippen LogP contribution in [0.5, 0.6) is 0 Å². The van der Waals surface area contributed by atoms with Gasteiger partial charge in [0.05, 0.1) is 12.7 Å². The molecule has 0 aromatic heterocycles. The Hall–Kier alpha value is -1.64. The van der Waals surface area contributed by atoms with Crippen molar-refractivity contribution in [1.29, 1.82) is 0 Å².